The van der Waals surface area contributed by atoms with E-state index in [0.29, 0.717) is 17.3 Å². The van der Waals surface area contributed by atoms with E-state index >= 15 is 0 Å². The van der Waals surface area contributed by atoms with Crippen LogP contribution in [0, 0.1) is 4.77 Å². The first-order valence-corrected chi connectivity index (χ1v) is 8.53. The summed E-state index contributed by atoms with van der Waals surface area (Å²) in [6.07, 6.45) is 0. The van der Waals surface area contributed by atoms with Crippen molar-refractivity contribution in [3.63, 3.8) is 0 Å². The maximum Gasteiger partial charge on any atom is 0.198 e. The first-order chi connectivity index (χ1) is 11.4. The maximum absolute atomic E-state index is 9.31. The van der Waals surface area contributed by atoms with Crippen LogP contribution in [0.2, 0.25) is 0 Å². The minimum atomic E-state index is -0.105. The Labute approximate surface area is 148 Å². The first kappa shape index (κ1) is 18.8. The molecule has 0 fully saturated rings. The minimum Gasteiger partial charge on any atom is -0.388 e. The zero-order chi connectivity index (χ0) is 17.7. The van der Waals surface area contributed by atoms with Crippen molar-refractivity contribution >= 4 is 12.2 Å². The smallest absolute Gasteiger partial charge is 0.198 e. The zero-order valence-corrected chi connectivity index (χ0v) is 15.8. The molecule has 1 aromatic carbocycles. The standard InChI is InChI=1S/C17H27N5OS/c1-5-21(13-22-17(24)20(4)16(12-23)18-22)11-15-8-6-14(7-9-15)10-19(2)3/h6-9,23H,5,10-13H2,1-4H3. The highest BCUT2D eigenvalue weighted by Gasteiger charge is 2.10. The van der Waals surface area contributed by atoms with Gasteiger partial charge in [0.1, 0.15) is 6.61 Å². The summed E-state index contributed by atoms with van der Waals surface area (Å²) in [5.74, 6) is 0.587. The normalized spacial score (nSPS) is 11.6. The summed E-state index contributed by atoms with van der Waals surface area (Å²) < 4.78 is 4.14. The van der Waals surface area contributed by atoms with Gasteiger partial charge in [0.25, 0.3) is 0 Å². The fourth-order valence-corrected chi connectivity index (χ4v) is 2.79. The van der Waals surface area contributed by atoms with Gasteiger partial charge in [0.15, 0.2) is 10.6 Å². The van der Waals surface area contributed by atoms with Gasteiger partial charge in [-0.15, -0.1) is 0 Å². The van der Waals surface area contributed by atoms with E-state index in [-0.39, 0.29) is 6.61 Å². The molecule has 132 valence electrons. The fraction of sp³-hybridized carbons (Fsp3) is 0.529. The average molecular weight is 350 g/mol. The lowest BCUT2D eigenvalue weighted by Crippen LogP contribution is -2.26. The molecule has 2 aromatic rings. The number of aromatic nitrogens is 3. The summed E-state index contributed by atoms with van der Waals surface area (Å²) >= 11 is 5.39. The monoisotopic (exact) mass is 349 g/mol. The fourth-order valence-electron chi connectivity index (χ4n) is 2.59. The van der Waals surface area contributed by atoms with E-state index in [2.05, 4.69) is 60.2 Å². The van der Waals surface area contributed by atoms with Crippen LogP contribution in [0.15, 0.2) is 24.3 Å². The molecule has 1 N–H and O–H groups in total. The van der Waals surface area contributed by atoms with Gasteiger partial charge in [-0.05, 0) is 44.0 Å². The van der Waals surface area contributed by atoms with Crippen LogP contribution in [0.25, 0.3) is 0 Å². The van der Waals surface area contributed by atoms with Crippen molar-refractivity contribution < 1.29 is 5.11 Å². The second kappa shape index (κ2) is 8.53. The van der Waals surface area contributed by atoms with Crippen molar-refractivity contribution in [2.75, 3.05) is 20.6 Å². The van der Waals surface area contributed by atoms with E-state index in [1.54, 1.807) is 9.25 Å². The summed E-state index contributed by atoms with van der Waals surface area (Å²) in [5, 5.41) is 13.7. The van der Waals surface area contributed by atoms with Crippen molar-refractivity contribution in [2.24, 2.45) is 7.05 Å². The van der Waals surface area contributed by atoms with Gasteiger partial charge in [0.2, 0.25) is 0 Å². The lowest BCUT2D eigenvalue weighted by Gasteiger charge is -2.20. The Bertz CT molecular complexity index is 705. The molecule has 1 aromatic heterocycles. The Kier molecular flexibility index (Phi) is 6.68. The lowest BCUT2D eigenvalue weighted by atomic mass is 10.1. The zero-order valence-electron chi connectivity index (χ0n) is 14.9. The van der Waals surface area contributed by atoms with Gasteiger partial charge >= 0.3 is 0 Å². The highest BCUT2D eigenvalue weighted by atomic mass is 32.1. The summed E-state index contributed by atoms with van der Waals surface area (Å²) in [5.41, 5.74) is 2.58. The Morgan fingerprint density at radius 1 is 1.12 bits per heavy atom. The average Bonchev–Trinajstić information content (AvgIpc) is 2.83. The van der Waals surface area contributed by atoms with Crippen LogP contribution in [0.1, 0.15) is 23.9 Å². The van der Waals surface area contributed by atoms with Crippen LogP contribution in [-0.4, -0.2) is 49.9 Å². The summed E-state index contributed by atoms with van der Waals surface area (Å²) in [6.45, 7) is 5.32. The van der Waals surface area contributed by atoms with E-state index < -0.39 is 0 Å². The molecule has 0 radical (unpaired) electrons. The molecule has 7 heteroatoms. The van der Waals surface area contributed by atoms with Crippen molar-refractivity contribution in [3.8, 4) is 0 Å². The number of benzene rings is 1. The number of hydrogen-bond acceptors (Lipinski definition) is 5. The third-order valence-corrected chi connectivity index (χ3v) is 4.47. The quantitative estimate of drug-likeness (QED) is 0.739. The van der Waals surface area contributed by atoms with Crippen molar-refractivity contribution in [2.45, 2.75) is 33.3 Å². The number of aliphatic hydroxyl groups is 1. The largest absolute Gasteiger partial charge is 0.388 e. The van der Waals surface area contributed by atoms with Crippen LogP contribution >= 0.6 is 12.2 Å². The highest BCUT2D eigenvalue weighted by Crippen LogP contribution is 2.10. The van der Waals surface area contributed by atoms with Crippen LogP contribution in [-0.2, 0) is 33.4 Å². The molecule has 0 aliphatic carbocycles. The molecular weight excluding hydrogens is 322 g/mol. The van der Waals surface area contributed by atoms with Crippen LogP contribution in [0.4, 0.5) is 0 Å². The molecule has 0 aliphatic heterocycles. The molecule has 0 bridgehead atoms. The predicted molar refractivity (Wildman–Crippen MR) is 97.9 cm³/mol. The summed E-state index contributed by atoms with van der Waals surface area (Å²) in [7, 11) is 5.98. The Hall–Kier alpha value is -1.54. The summed E-state index contributed by atoms with van der Waals surface area (Å²) in [6, 6.07) is 8.72. The molecule has 0 spiro atoms. The third-order valence-electron chi connectivity index (χ3n) is 3.98. The van der Waals surface area contributed by atoms with E-state index in [4.69, 9.17) is 12.2 Å². The second-order valence-corrected chi connectivity index (χ2v) is 6.62. The van der Waals surface area contributed by atoms with Crippen molar-refractivity contribution in [3.05, 3.63) is 46.0 Å². The Morgan fingerprint density at radius 2 is 1.71 bits per heavy atom. The van der Waals surface area contributed by atoms with Gasteiger partial charge in [-0.2, -0.15) is 5.10 Å². The number of nitrogens with zero attached hydrogens (tertiary/aromatic N) is 5. The highest BCUT2D eigenvalue weighted by molar-refractivity contribution is 7.71. The van der Waals surface area contributed by atoms with E-state index in [1.807, 2.05) is 7.05 Å². The number of hydrogen-bond donors (Lipinski definition) is 1. The molecule has 1 heterocycles. The predicted octanol–water partition coefficient (Wildman–Crippen LogP) is 1.98. The third kappa shape index (κ3) is 4.73. The molecule has 0 saturated heterocycles. The van der Waals surface area contributed by atoms with Crippen LogP contribution in [0.3, 0.4) is 0 Å². The van der Waals surface area contributed by atoms with Crippen molar-refractivity contribution in [1.82, 2.24) is 24.1 Å². The van der Waals surface area contributed by atoms with E-state index in [1.165, 1.54) is 11.1 Å². The number of rotatable bonds is 8. The molecule has 0 atom stereocenters. The maximum atomic E-state index is 9.31. The van der Waals surface area contributed by atoms with Gasteiger partial charge in [-0.25, -0.2) is 4.68 Å². The van der Waals surface area contributed by atoms with Crippen molar-refractivity contribution in [1.29, 1.82) is 0 Å². The molecule has 24 heavy (non-hydrogen) atoms. The van der Waals surface area contributed by atoms with Crippen LogP contribution in [0.5, 0.6) is 0 Å². The number of aliphatic hydroxyl groups excluding tert-OH is 1. The van der Waals surface area contributed by atoms with E-state index in [9.17, 15) is 5.11 Å². The second-order valence-electron chi connectivity index (χ2n) is 6.26. The Balaban J connectivity index is 2.05. The van der Waals surface area contributed by atoms with Gasteiger partial charge in [0.05, 0.1) is 6.67 Å². The Morgan fingerprint density at radius 3 is 2.17 bits per heavy atom. The SMILES string of the molecule is CCN(Cc1ccc(CN(C)C)cc1)Cn1nc(CO)n(C)c1=S. The van der Waals surface area contributed by atoms with Gasteiger partial charge in [0, 0.05) is 20.1 Å². The first-order valence-electron chi connectivity index (χ1n) is 8.13. The van der Waals surface area contributed by atoms with Gasteiger partial charge < -0.3 is 14.6 Å². The lowest BCUT2D eigenvalue weighted by molar-refractivity contribution is 0.205. The molecule has 0 unspecified atom stereocenters. The van der Waals surface area contributed by atoms with Crippen LogP contribution < -0.4 is 0 Å². The summed E-state index contributed by atoms with van der Waals surface area (Å²) in [4.78, 5) is 4.43. The molecule has 0 aliphatic rings. The molecule has 6 nitrogen and oxygen atoms in total. The minimum absolute atomic E-state index is 0.105. The van der Waals surface area contributed by atoms with Gasteiger partial charge in [-0.3, -0.25) is 4.90 Å². The molecule has 0 saturated carbocycles. The topological polar surface area (TPSA) is 49.5 Å². The van der Waals surface area contributed by atoms with Gasteiger partial charge in [-0.1, -0.05) is 31.2 Å². The van der Waals surface area contributed by atoms with E-state index in [0.717, 1.165) is 19.6 Å². The molecule has 2 rings (SSSR count). The molecular formula is C17H27N5OS. The molecule has 0 amide bonds.